The van der Waals surface area contributed by atoms with E-state index >= 15 is 0 Å². The van der Waals surface area contributed by atoms with Crippen LogP contribution in [0.2, 0.25) is 0 Å². The average molecular weight is 967 g/mol. The average Bonchev–Trinajstić information content (AvgIpc) is 3.70. The summed E-state index contributed by atoms with van der Waals surface area (Å²) in [6, 6.07) is 6.23. The van der Waals surface area contributed by atoms with Crippen LogP contribution in [-0.4, -0.2) is 54.7 Å². The summed E-state index contributed by atoms with van der Waals surface area (Å²) >= 11 is 18.7. The largest absolute Gasteiger partial charge is 0.470 e. The first-order valence-corrected chi connectivity index (χ1v) is 30.2. The summed E-state index contributed by atoms with van der Waals surface area (Å²) in [5.74, 6) is 0. The smallest absolute Gasteiger partial charge is 0.289 e. The number of nitrogens with one attached hydrogen (secondary N) is 2. The van der Waals surface area contributed by atoms with Crippen LogP contribution < -0.4 is 21.1 Å². The van der Waals surface area contributed by atoms with Crippen molar-refractivity contribution in [2.24, 2.45) is 0 Å². The fourth-order valence-electron chi connectivity index (χ4n) is 1.82. The maximum atomic E-state index is 11.2. The summed E-state index contributed by atoms with van der Waals surface area (Å²) in [4.78, 5) is 39.8. The summed E-state index contributed by atoms with van der Waals surface area (Å²) in [5.41, 5.74) is 5.52. The Morgan fingerprint density at radius 1 is 0.891 bits per heavy atom. The van der Waals surface area contributed by atoms with Crippen LogP contribution in [0.15, 0.2) is 29.2 Å². The predicted molar refractivity (Wildman–Crippen MR) is 226 cm³/mol. The zero-order valence-electron chi connectivity index (χ0n) is 22.8. The number of ether oxygens (including phenoxy) is 1. The van der Waals surface area contributed by atoms with Crippen molar-refractivity contribution in [2.45, 2.75) is 11.8 Å². The number of hydrogen-bond acceptors (Lipinski definition) is 20. The van der Waals surface area contributed by atoms with E-state index in [2.05, 4.69) is 55.2 Å². The van der Waals surface area contributed by atoms with Gasteiger partial charge in [0.2, 0.25) is 14.0 Å². The normalized spacial score (nSPS) is 11.2. The van der Waals surface area contributed by atoms with Gasteiger partial charge in [0.15, 0.2) is 13.0 Å². The second-order valence-corrected chi connectivity index (χ2v) is 28.0. The molecule has 1 aliphatic heterocycles. The Kier molecular flexibility index (Phi) is 28.7. The molecule has 4 rings (SSSR count). The number of carbonyl (C=O) groups is 3. The highest BCUT2D eigenvalue weighted by Crippen LogP contribution is 2.37. The van der Waals surface area contributed by atoms with Crippen molar-refractivity contribution < 1.29 is 27.5 Å². The number of nitrogen functional groups attached to an aromatic ring is 1. The molecule has 0 spiro atoms. The molecule has 46 heavy (non-hydrogen) atoms. The zero-order valence-corrected chi connectivity index (χ0v) is 37.5. The van der Waals surface area contributed by atoms with Gasteiger partial charge in [0.25, 0.3) is 15.7 Å². The van der Waals surface area contributed by atoms with Crippen LogP contribution in [0.5, 0.6) is 5.19 Å². The van der Waals surface area contributed by atoms with E-state index in [0.717, 1.165) is 21.6 Å². The molecule has 0 saturated heterocycles. The molecular formula is C17H19N5O6S18. The molecule has 11 nitrogen and oxygen atoms in total. The van der Waals surface area contributed by atoms with Gasteiger partial charge in [0, 0.05) is 117 Å². The van der Waals surface area contributed by atoms with E-state index in [1.165, 1.54) is 85.4 Å². The lowest BCUT2D eigenvalue weighted by Gasteiger charge is -1.95. The van der Waals surface area contributed by atoms with Crippen molar-refractivity contribution in [3.05, 3.63) is 37.7 Å². The fraction of sp³-hybridized carbons (Fsp3) is 0.235. The van der Waals surface area contributed by atoms with E-state index in [0.29, 0.717) is 41.2 Å². The first-order valence-electron chi connectivity index (χ1n) is 10.8. The Morgan fingerprint density at radius 2 is 1.41 bits per heavy atom. The summed E-state index contributed by atoms with van der Waals surface area (Å²) in [6.45, 7) is 2.59. The van der Waals surface area contributed by atoms with E-state index in [1.54, 1.807) is 47.7 Å². The van der Waals surface area contributed by atoms with Crippen LogP contribution in [0.4, 0.5) is 14.7 Å². The number of benzene rings is 1. The lowest BCUT2D eigenvalue weighted by Crippen LogP contribution is -2.13. The van der Waals surface area contributed by atoms with Gasteiger partial charge < -0.3 is 21.1 Å². The van der Waals surface area contributed by atoms with E-state index in [9.17, 15) is 22.8 Å². The van der Waals surface area contributed by atoms with Crippen molar-refractivity contribution >= 4 is 203 Å². The molecule has 1 aromatic carbocycles. The van der Waals surface area contributed by atoms with Crippen molar-refractivity contribution in [3.8, 4) is 5.19 Å². The number of aromatic nitrogens is 2. The minimum atomic E-state index is -3.39. The van der Waals surface area contributed by atoms with E-state index in [4.69, 9.17) is 22.7 Å². The highest BCUT2D eigenvalue weighted by atomic mass is 33.4. The van der Waals surface area contributed by atoms with Crippen molar-refractivity contribution in [3.63, 3.8) is 0 Å². The van der Waals surface area contributed by atoms with Gasteiger partial charge in [-0.3, -0.25) is 14.4 Å². The van der Waals surface area contributed by atoms with Gasteiger partial charge in [-0.25, -0.2) is 8.42 Å². The molecule has 0 bridgehead atoms. The fourth-order valence-corrected chi connectivity index (χ4v) is 20.4. The van der Waals surface area contributed by atoms with Gasteiger partial charge in [-0.2, -0.15) is 9.97 Å². The van der Waals surface area contributed by atoms with Crippen molar-refractivity contribution in [1.29, 1.82) is 0 Å². The number of nitrogens with zero attached hydrogens (tertiary/aromatic N) is 2. The molecule has 0 aliphatic carbocycles. The Balaban J connectivity index is 0.000000558. The summed E-state index contributed by atoms with van der Waals surface area (Å²) in [5, 5.41) is 5.15. The van der Waals surface area contributed by atoms with Gasteiger partial charge in [-0.05, 0) is 84.9 Å². The van der Waals surface area contributed by atoms with Crippen LogP contribution in [0.1, 0.15) is 17.3 Å². The monoisotopic (exact) mass is 965 g/mol. The Bertz CT molecular complexity index is 1870. The maximum Gasteiger partial charge on any atom is 0.289 e. The molecule has 0 saturated carbocycles. The Morgan fingerprint density at radius 3 is 1.78 bits per heavy atom. The molecule has 29 heteroatoms. The lowest BCUT2D eigenvalue weighted by atomic mass is 10.2. The number of carbonyl (C=O) groups excluding carboxylic acids is 3. The van der Waals surface area contributed by atoms with E-state index in [1.807, 2.05) is 6.92 Å². The van der Waals surface area contributed by atoms with Gasteiger partial charge in [0.05, 0.1) is 22.3 Å². The zero-order chi connectivity index (χ0) is 35.0. The van der Waals surface area contributed by atoms with Gasteiger partial charge in [0.1, 0.15) is 0 Å². The molecule has 256 valence electrons. The van der Waals surface area contributed by atoms with Crippen LogP contribution >= 0.6 is 98.2 Å². The third kappa shape index (κ3) is 22.3. The number of amides is 2. The highest BCUT2D eigenvalue weighted by Gasteiger charge is 2.33. The van der Waals surface area contributed by atoms with E-state index < -0.39 is 8.87 Å². The number of fused-ring (bicyclic) bond motifs is 1. The third-order valence-electron chi connectivity index (χ3n) is 3.34. The first-order chi connectivity index (χ1) is 21.8. The highest BCUT2D eigenvalue weighted by molar-refractivity contribution is 8.87. The van der Waals surface area contributed by atoms with Gasteiger partial charge in [-0.15, -0.1) is 0 Å². The van der Waals surface area contributed by atoms with Crippen molar-refractivity contribution in [1.82, 2.24) is 20.6 Å². The minimum absolute atomic E-state index is 0.139. The first kappa shape index (κ1) is 46.6. The minimum Gasteiger partial charge on any atom is -0.470 e. The second kappa shape index (κ2) is 28.3. The van der Waals surface area contributed by atoms with Gasteiger partial charge in [-0.1, -0.05) is 12.1 Å². The van der Waals surface area contributed by atoms with Crippen molar-refractivity contribution in [2.75, 3.05) is 26.4 Å². The summed E-state index contributed by atoms with van der Waals surface area (Å²) in [6.07, 6.45) is 0. The summed E-state index contributed by atoms with van der Waals surface area (Å²) in [7, 11) is 16.7. The molecule has 4 N–H and O–H groups in total. The maximum absolute atomic E-state index is 11.2. The van der Waals surface area contributed by atoms with Crippen LogP contribution in [-0.2, 0) is 84.5 Å². The molecule has 0 radical (unpaired) electrons. The number of anilines is 1. The number of nitrogens with two attached hydrogens (primary N) is 1. The molecule has 2 aromatic heterocycles. The van der Waals surface area contributed by atoms with Crippen LogP contribution in [0.3, 0.4) is 0 Å². The molecule has 0 fully saturated rings. The molecule has 3 aromatic rings. The second-order valence-electron chi connectivity index (χ2n) is 6.10. The lowest BCUT2D eigenvalue weighted by molar-refractivity contribution is 0.108. The Labute approximate surface area is 328 Å². The summed E-state index contributed by atoms with van der Waals surface area (Å²) < 4.78 is 28.8. The predicted octanol–water partition coefficient (Wildman–Crippen LogP) is 6.14. The topological polar surface area (TPSA) is 170 Å². The molecule has 0 unspecified atom stereocenters. The molecule has 3 heterocycles. The SMILES string of the molecule is CCOc1nc(=S)ss1.CNC(=O)SSC(=O)NC.Nc1nc(=S)ss1.O=C1SS(=O)(=O)c2ccccc21.S=S=S=S=S=S=S=S. The van der Waals surface area contributed by atoms with Gasteiger partial charge >= 0.3 is 0 Å². The Hall–Kier alpha value is 0.590. The molecule has 0 atom stereocenters. The standard InChI is InChI=1S/C7H4O3S2.C4H8N2O2S2.C4H5NOS3.C2H2N2S3.S8/c8-7-5-3-1-2-4-6(5)12(9,10)11-7;1-5-3(7)9-10-4(8)6-2;1-2-6-3-5-4(7)9-8-3;3-1-4-2(5)7-6-1;1-3-5-7-8-6-4-2/h1-4H;1-2H3,(H,5,7)(H,6,8);2H2,1H3;(H2,3,4,5);. The van der Waals surface area contributed by atoms with Crippen LogP contribution in [0, 0.1) is 7.91 Å². The third-order valence-corrected chi connectivity index (χ3v) is 24.5. The number of hydrogen-bond donors (Lipinski definition) is 3. The molecule has 1 aliphatic rings. The quantitative estimate of drug-likeness (QED) is 0.198. The number of rotatable bonds is 2. The van der Waals surface area contributed by atoms with Crippen LogP contribution in [0.25, 0.3) is 0 Å². The van der Waals surface area contributed by atoms with E-state index in [-0.39, 0.29) is 20.5 Å². The molecule has 2 amide bonds. The molecular weight excluding hydrogens is 947 g/mol.